The maximum atomic E-state index is 13.9. The number of methoxy groups -OCH3 is 2. The third-order valence-corrected chi connectivity index (χ3v) is 5.15. The molecule has 0 saturated heterocycles. The molecule has 11 heteroatoms. The number of fused-ring (bicyclic) bond motifs is 1. The maximum absolute atomic E-state index is 13.9. The van der Waals surface area contributed by atoms with Crippen LogP contribution < -0.4 is 15.0 Å². The third-order valence-electron chi connectivity index (χ3n) is 5.15. The fraction of sp³-hybridized carbons (Fsp3) is 0.125. The summed E-state index contributed by atoms with van der Waals surface area (Å²) in [5.74, 6) is -0.764. The molecule has 176 valence electrons. The van der Waals surface area contributed by atoms with Crippen molar-refractivity contribution in [3.8, 4) is 23.1 Å². The van der Waals surface area contributed by atoms with E-state index < -0.39 is 17.8 Å². The van der Waals surface area contributed by atoms with Crippen molar-refractivity contribution in [1.82, 2.24) is 14.4 Å². The first-order valence-electron chi connectivity index (χ1n) is 10.3. The molecule has 0 atom stereocenters. The molecule has 0 spiro atoms. The molecule has 0 radical (unpaired) electrons. The number of hydrogen-bond acceptors (Lipinski definition) is 7. The van der Waals surface area contributed by atoms with Gasteiger partial charge in [0.2, 0.25) is 0 Å². The van der Waals surface area contributed by atoms with Crippen LogP contribution >= 0.6 is 0 Å². The number of nitriles is 1. The molecule has 0 fully saturated rings. The molecule has 0 bridgehead atoms. The summed E-state index contributed by atoms with van der Waals surface area (Å²) in [4.78, 5) is 34.5. The van der Waals surface area contributed by atoms with E-state index in [1.807, 2.05) is 6.07 Å². The molecule has 4 rings (SSSR count). The minimum atomic E-state index is -0.635. The lowest BCUT2D eigenvalue weighted by atomic mass is 10.2. The Morgan fingerprint density at radius 1 is 1.14 bits per heavy atom. The van der Waals surface area contributed by atoms with Crippen molar-refractivity contribution in [3.63, 3.8) is 0 Å². The van der Waals surface area contributed by atoms with E-state index in [1.54, 1.807) is 47.3 Å². The van der Waals surface area contributed by atoms with Gasteiger partial charge in [0.1, 0.15) is 18.0 Å². The molecule has 4 aromatic rings. The van der Waals surface area contributed by atoms with Crippen LogP contribution in [0, 0.1) is 17.1 Å². The van der Waals surface area contributed by atoms with E-state index in [0.29, 0.717) is 28.4 Å². The third kappa shape index (κ3) is 4.72. The number of rotatable bonds is 6. The number of carbonyl (C=O) groups excluding carboxylic acids is 2. The number of carbonyl (C=O) groups is 2. The molecule has 3 heterocycles. The van der Waals surface area contributed by atoms with Crippen LogP contribution in [-0.4, -0.2) is 47.1 Å². The van der Waals surface area contributed by atoms with Crippen LogP contribution in [0.15, 0.2) is 61.1 Å². The van der Waals surface area contributed by atoms with E-state index in [2.05, 4.69) is 20.0 Å². The largest absolute Gasteiger partial charge is 0.494 e. The first kappa shape index (κ1) is 23.2. The summed E-state index contributed by atoms with van der Waals surface area (Å²) in [5, 5.41) is 11.8. The van der Waals surface area contributed by atoms with Gasteiger partial charge in [-0.05, 0) is 36.4 Å². The predicted octanol–water partition coefficient (Wildman–Crippen LogP) is 3.89. The molecular formula is C24H19FN6O4. The Balaban J connectivity index is 1.68. The van der Waals surface area contributed by atoms with Crippen LogP contribution in [0.25, 0.3) is 16.9 Å². The van der Waals surface area contributed by atoms with Crippen molar-refractivity contribution < 1.29 is 23.5 Å². The van der Waals surface area contributed by atoms with Gasteiger partial charge >= 0.3 is 6.09 Å². The van der Waals surface area contributed by atoms with E-state index in [0.717, 1.165) is 0 Å². The molecule has 0 aliphatic heterocycles. The van der Waals surface area contributed by atoms with Gasteiger partial charge in [0.05, 0.1) is 37.7 Å². The number of imidazole rings is 1. The smallest absolute Gasteiger partial charge is 0.412 e. The van der Waals surface area contributed by atoms with Crippen molar-refractivity contribution >= 4 is 29.2 Å². The molecule has 2 amide bonds. The van der Waals surface area contributed by atoms with Crippen molar-refractivity contribution in [2.24, 2.45) is 0 Å². The molecule has 1 N–H and O–H groups in total. The number of halogens is 1. The van der Waals surface area contributed by atoms with Gasteiger partial charge in [0.15, 0.2) is 11.6 Å². The summed E-state index contributed by atoms with van der Waals surface area (Å²) < 4.78 is 25.1. The minimum Gasteiger partial charge on any atom is -0.494 e. The minimum absolute atomic E-state index is 0.0387. The van der Waals surface area contributed by atoms with E-state index in [1.165, 1.54) is 37.3 Å². The van der Waals surface area contributed by atoms with Crippen molar-refractivity contribution in [2.75, 3.05) is 31.0 Å². The van der Waals surface area contributed by atoms with E-state index in [9.17, 15) is 19.2 Å². The fourth-order valence-corrected chi connectivity index (χ4v) is 3.42. The Hall–Kier alpha value is -4.98. The Morgan fingerprint density at radius 3 is 2.66 bits per heavy atom. The molecule has 0 unspecified atom stereocenters. The van der Waals surface area contributed by atoms with Crippen molar-refractivity contribution in [1.29, 1.82) is 5.26 Å². The van der Waals surface area contributed by atoms with Crippen LogP contribution in [0.5, 0.6) is 5.75 Å². The standard InChI is InChI=1S/C24H19FN6O4/c1-34-20-11-17(5-6-18(20)25)30(10-9-26)23(32)16-4-8-22-28-13-19(31(22)14-16)15-3-7-21(27-12-15)29-24(33)35-2/h3-8,11-14H,10H2,1-2H3,(H,27,29,33). The Morgan fingerprint density at radius 2 is 1.97 bits per heavy atom. The monoisotopic (exact) mass is 474 g/mol. The average molecular weight is 474 g/mol. The van der Waals surface area contributed by atoms with E-state index in [-0.39, 0.29) is 17.9 Å². The second kappa shape index (κ2) is 9.88. The summed E-state index contributed by atoms with van der Waals surface area (Å²) in [6, 6.07) is 12.5. The molecule has 0 aliphatic rings. The molecule has 1 aromatic carbocycles. The van der Waals surface area contributed by atoms with Crippen LogP contribution in [0.2, 0.25) is 0 Å². The van der Waals surface area contributed by atoms with Gasteiger partial charge in [-0.3, -0.25) is 19.4 Å². The van der Waals surface area contributed by atoms with Crippen LogP contribution in [0.3, 0.4) is 0 Å². The highest BCUT2D eigenvalue weighted by molar-refractivity contribution is 6.06. The highest BCUT2D eigenvalue weighted by atomic mass is 19.1. The predicted molar refractivity (Wildman–Crippen MR) is 125 cm³/mol. The summed E-state index contributed by atoms with van der Waals surface area (Å²) in [6.07, 6.45) is 4.15. The second-order valence-corrected chi connectivity index (χ2v) is 7.21. The summed E-state index contributed by atoms with van der Waals surface area (Å²) in [6.45, 7) is -0.249. The van der Waals surface area contributed by atoms with Gasteiger partial charge in [-0.25, -0.2) is 19.2 Å². The van der Waals surface area contributed by atoms with Gasteiger partial charge in [-0.1, -0.05) is 0 Å². The first-order chi connectivity index (χ1) is 16.9. The summed E-state index contributed by atoms with van der Waals surface area (Å²) in [5.41, 5.74) is 2.53. The second-order valence-electron chi connectivity index (χ2n) is 7.21. The highest BCUT2D eigenvalue weighted by Crippen LogP contribution is 2.27. The average Bonchev–Trinajstić information content (AvgIpc) is 3.31. The number of pyridine rings is 2. The number of amides is 2. The first-order valence-corrected chi connectivity index (χ1v) is 10.3. The number of nitrogens with zero attached hydrogens (tertiary/aromatic N) is 5. The van der Waals surface area contributed by atoms with E-state index in [4.69, 9.17) is 4.74 Å². The number of anilines is 2. The molecular weight excluding hydrogens is 455 g/mol. The van der Waals surface area contributed by atoms with E-state index >= 15 is 0 Å². The zero-order chi connectivity index (χ0) is 24.9. The number of nitrogens with one attached hydrogen (secondary N) is 1. The normalized spacial score (nSPS) is 10.5. The molecule has 0 aliphatic carbocycles. The zero-order valence-corrected chi connectivity index (χ0v) is 18.7. The van der Waals surface area contributed by atoms with Crippen molar-refractivity contribution in [2.45, 2.75) is 0 Å². The SMILES string of the molecule is COC(=O)Nc1ccc(-c2cnc3ccc(C(=O)N(CC#N)c4ccc(F)c(OC)c4)cn23)cn1. The summed E-state index contributed by atoms with van der Waals surface area (Å²) >= 11 is 0. The number of aromatic nitrogens is 3. The maximum Gasteiger partial charge on any atom is 0.412 e. The quantitative estimate of drug-likeness (QED) is 0.421. The summed E-state index contributed by atoms with van der Waals surface area (Å²) in [7, 11) is 2.57. The molecule has 3 aromatic heterocycles. The van der Waals surface area contributed by atoms with Crippen LogP contribution in [-0.2, 0) is 4.74 Å². The topological polar surface area (TPSA) is 122 Å². The highest BCUT2D eigenvalue weighted by Gasteiger charge is 2.20. The number of ether oxygens (including phenoxy) is 2. The Kier molecular flexibility index (Phi) is 6.55. The molecule has 10 nitrogen and oxygen atoms in total. The van der Waals surface area contributed by atoms with Crippen molar-refractivity contribution in [3.05, 3.63) is 72.4 Å². The lowest BCUT2D eigenvalue weighted by molar-refractivity contribution is 0.0989. The van der Waals surface area contributed by atoms with Crippen LogP contribution in [0.1, 0.15) is 10.4 Å². The fourth-order valence-electron chi connectivity index (χ4n) is 3.42. The van der Waals surface area contributed by atoms with Gasteiger partial charge < -0.3 is 9.47 Å². The number of benzene rings is 1. The van der Waals surface area contributed by atoms with Crippen LogP contribution in [0.4, 0.5) is 20.7 Å². The van der Waals surface area contributed by atoms with Gasteiger partial charge in [-0.2, -0.15) is 5.26 Å². The Labute approximate surface area is 199 Å². The molecule has 0 saturated carbocycles. The zero-order valence-electron chi connectivity index (χ0n) is 18.7. The lowest BCUT2D eigenvalue weighted by Crippen LogP contribution is -2.31. The van der Waals surface area contributed by atoms with Gasteiger partial charge in [0, 0.05) is 29.7 Å². The van der Waals surface area contributed by atoms with Gasteiger partial charge in [-0.15, -0.1) is 0 Å². The van der Waals surface area contributed by atoms with Gasteiger partial charge in [0.25, 0.3) is 5.91 Å². The number of hydrogen-bond donors (Lipinski definition) is 1. The lowest BCUT2D eigenvalue weighted by Gasteiger charge is -2.20. The molecule has 35 heavy (non-hydrogen) atoms. The Bertz CT molecular complexity index is 1440.